The van der Waals surface area contributed by atoms with Gasteiger partial charge in [0.05, 0.1) is 26.1 Å². The molecule has 0 saturated heterocycles. The standard InChI is InChI=1S/C23H16N4O2S/c1-2-4-14(5-3-1)10-20-27-17-8-7-16-21(22(17)30-20)23(25-12-24-16)26-15-6-9-18-19(11-15)29-13-28-18/h1-9,11-12H,10,13H2,(H,24,25,26). The van der Waals surface area contributed by atoms with E-state index in [2.05, 4.69) is 39.6 Å². The van der Waals surface area contributed by atoms with Gasteiger partial charge < -0.3 is 14.8 Å². The summed E-state index contributed by atoms with van der Waals surface area (Å²) < 4.78 is 12.0. The molecule has 0 unspecified atom stereocenters. The first-order valence-corrected chi connectivity index (χ1v) is 10.4. The van der Waals surface area contributed by atoms with Crippen molar-refractivity contribution in [2.24, 2.45) is 0 Å². The summed E-state index contributed by atoms with van der Waals surface area (Å²) in [4.78, 5) is 13.8. The van der Waals surface area contributed by atoms with Crippen LogP contribution in [0.5, 0.6) is 11.5 Å². The number of rotatable bonds is 4. The summed E-state index contributed by atoms with van der Waals surface area (Å²) in [6.07, 6.45) is 2.38. The number of thiazole rings is 1. The number of nitrogens with zero attached hydrogens (tertiary/aromatic N) is 3. The summed E-state index contributed by atoms with van der Waals surface area (Å²) >= 11 is 1.69. The molecule has 1 N–H and O–H groups in total. The third-order valence-electron chi connectivity index (χ3n) is 5.03. The Kier molecular flexibility index (Phi) is 3.99. The van der Waals surface area contributed by atoms with Crippen LogP contribution >= 0.6 is 11.3 Å². The maximum atomic E-state index is 5.49. The minimum atomic E-state index is 0.251. The van der Waals surface area contributed by atoms with E-state index >= 15 is 0 Å². The molecule has 0 bridgehead atoms. The van der Waals surface area contributed by atoms with Crippen LogP contribution in [0.3, 0.4) is 0 Å². The molecular weight excluding hydrogens is 396 g/mol. The van der Waals surface area contributed by atoms with Crippen LogP contribution < -0.4 is 14.8 Å². The van der Waals surface area contributed by atoms with E-state index in [-0.39, 0.29) is 6.79 Å². The van der Waals surface area contributed by atoms with Gasteiger partial charge in [-0.3, -0.25) is 0 Å². The lowest BCUT2D eigenvalue weighted by atomic mass is 10.2. The fraction of sp³-hybridized carbons (Fsp3) is 0.0870. The number of ether oxygens (including phenoxy) is 2. The topological polar surface area (TPSA) is 69.2 Å². The molecule has 146 valence electrons. The van der Waals surface area contributed by atoms with Crippen LogP contribution in [0.2, 0.25) is 0 Å². The molecule has 6 rings (SSSR count). The zero-order chi connectivity index (χ0) is 19.9. The molecule has 0 aliphatic carbocycles. The predicted molar refractivity (Wildman–Crippen MR) is 118 cm³/mol. The molecule has 3 heterocycles. The van der Waals surface area contributed by atoms with Gasteiger partial charge in [-0.1, -0.05) is 30.3 Å². The highest BCUT2D eigenvalue weighted by atomic mass is 32.1. The maximum absolute atomic E-state index is 5.49. The summed E-state index contributed by atoms with van der Waals surface area (Å²) in [5.41, 5.74) is 3.97. The number of aromatic nitrogens is 3. The van der Waals surface area contributed by atoms with Gasteiger partial charge in [-0.2, -0.15) is 0 Å². The number of hydrogen-bond acceptors (Lipinski definition) is 7. The molecular formula is C23H16N4O2S. The molecule has 0 amide bonds. The van der Waals surface area contributed by atoms with Gasteiger partial charge in [0.1, 0.15) is 12.1 Å². The van der Waals surface area contributed by atoms with Crippen LogP contribution in [0.25, 0.3) is 21.1 Å². The highest BCUT2D eigenvalue weighted by Crippen LogP contribution is 2.38. The van der Waals surface area contributed by atoms with E-state index < -0.39 is 0 Å². The second-order valence-electron chi connectivity index (χ2n) is 6.99. The molecule has 3 aromatic carbocycles. The minimum absolute atomic E-state index is 0.251. The average Bonchev–Trinajstić information content (AvgIpc) is 3.40. The van der Waals surface area contributed by atoms with Gasteiger partial charge in [0, 0.05) is 18.2 Å². The average molecular weight is 412 g/mol. The Hall–Kier alpha value is -3.71. The Morgan fingerprint density at radius 2 is 1.77 bits per heavy atom. The van der Waals surface area contributed by atoms with E-state index in [9.17, 15) is 0 Å². The molecule has 0 atom stereocenters. The highest BCUT2D eigenvalue weighted by Gasteiger charge is 2.16. The summed E-state index contributed by atoms with van der Waals surface area (Å²) in [5.74, 6) is 2.23. The molecule has 7 heteroatoms. The van der Waals surface area contributed by atoms with Crippen molar-refractivity contribution in [1.29, 1.82) is 0 Å². The number of fused-ring (bicyclic) bond motifs is 4. The van der Waals surface area contributed by atoms with E-state index in [0.717, 1.165) is 55.6 Å². The highest BCUT2D eigenvalue weighted by molar-refractivity contribution is 7.19. The molecule has 1 aliphatic heterocycles. The lowest BCUT2D eigenvalue weighted by molar-refractivity contribution is 0.174. The monoisotopic (exact) mass is 412 g/mol. The lowest BCUT2D eigenvalue weighted by Gasteiger charge is -2.09. The third kappa shape index (κ3) is 3.00. The van der Waals surface area contributed by atoms with Crippen LogP contribution in [0.15, 0.2) is 67.0 Å². The van der Waals surface area contributed by atoms with Crippen molar-refractivity contribution >= 4 is 44.0 Å². The Bertz CT molecular complexity index is 1380. The van der Waals surface area contributed by atoms with Gasteiger partial charge in [0.15, 0.2) is 11.5 Å². The summed E-state index contributed by atoms with van der Waals surface area (Å²) in [6.45, 7) is 0.251. The zero-order valence-corrected chi connectivity index (χ0v) is 16.6. The van der Waals surface area contributed by atoms with Crippen LogP contribution in [-0.2, 0) is 6.42 Å². The molecule has 6 nitrogen and oxygen atoms in total. The number of benzene rings is 3. The zero-order valence-electron chi connectivity index (χ0n) is 15.8. The van der Waals surface area contributed by atoms with Gasteiger partial charge in [-0.15, -0.1) is 11.3 Å². The first-order valence-electron chi connectivity index (χ1n) is 9.57. The molecule has 0 radical (unpaired) electrons. The largest absolute Gasteiger partial charge is 0.454 e. The van der Waals surface area contributed by atoms with Crippen molar-refractivity contribution in [3.05, 3.63) is 77.6 Å². The number of nitrogens with one attached hydrogen (secondary N) is 1. The Morgan fingerprint density at radius 3 is 2.70 bits per heavy atom. The normalized spacial score (nSPS) is 12.5. The SMILES string of the molecule is c1ccc(Cc2nc3ccc4ncnc(Nc5ccc6c(c5)OCO6)c4c3s2)cc1. The summed E-state index contributed by atoms with van der Waals surface area (Å²) in [6, 6.07) is 20.2. The van der Waals surface area contributed by atoms with Crippen LogP contribution in [0.1, 0.15) is 10.6 Å². The summed E-state index contributed by atoms with van der Waals surface area (Å²) in [7, 11) is 0. The van der Waals surface area contributed by atoms with Gasteiger partial charge in [-0.05, 0) is 29.8 Å². The van der Waals surface area contributed by atoms with Crippen molar-refractivity contribution < 1.29 is 9.47 Å². The lowest BCUT2D eigenvalue weighted by Crippen LogP contribution is -1.96. The van der Waals surface area contributed by atoms with E-state index in [1.54, 1.807) is 17.7 Å². The summed E-state index contributed by atoms with van der Waals surface area (Å²) in [5, 5.41) is 5.47. The first-order chi connectivity index (χ1) is 14.8. The van der Waals surface area contributed by atoms with Gasteiger partial charge in [0.25, 0.3) is 0 Å². The molecule has 0 spiro atoms. The molecule has 2 aromatic heterocycles. The minimum Gasteiger partial charge on any atom is -0.454 e. The second-order valence-corrected chi connectivity index (χ2v) is 8.08. The third-order valence-corrected chi connectivity index (χ3v) is 6.12. The van der Waals surface area contributed by atoms with Crippen molar-refractivity contribution in [2.75, 3.05) is 12.1 Å². The van der Waals surface area contributed by atoms with Gasteiger partial charge >= 0.3 is 0 Å². The molecule has 0 saturated carbocycles. The van der Waals surface area contributed by atoms with E-state index in [4.69, 9.17) is 14.5 Å². The number of anilines is 2. The Labute approximate surface area is 176 Å². The van der Waals surface area contributed by atoms with E-state index in [1.807, 2.05) is 36.4 Å². The van der Waals surface area contributed by atoms with Crippen LogP contribution in [0.4, 0.5) is 11.5 Å². The van der Waals surface area contributed by atoms with E-state index in [1.165, 1.54) is 5.56 Å². The predicted octanol–water partition coefficient (Wildman–Crippen LogP) is 5.30. The van der Waals surface area contributed by atoms with Crippen molar-refractivity contribution in [1.82, 2.24) is 15.0 Å². The fourth-order valence-electron chi connectivity index (χ4n) is 3.63. The van der Waals surface area contributed by atoms with Crippen molar-refractivity contribution in [2.45, 2.75) is 6.42 Å². The number of hydrogen-bond donors (Lipinski definition) is 1. The van der Waals surface area contributed by atoms with E-state index in [0.29, 0.717) is 0 Å². The Morgan fingerprint density at radius 1 is 0.900 bits per heavy atom. The quantitative estimate of drug-likeness (QED) is 0.432. The Balaban J connectivity index is 1.43. The molecule has 1 aliphatic rings. The van der Waals surface area contributed by atoms with Crippen LogP contribution in [-0.4, -0.2) is 21.7 Å². The van der Waals surface area contributed by atoms with Crippen molar-refractivity contribution in [3.8, 4) is 11.5 Å². The fourth-order valence-corrected chi connectivity index (χ4v) is 4.77. The molecule has 5 aromatic rings. The second kappa shape index (κ2) is 6.96. The van der Waals surface area contributed by atoms with Crippen LogP contribution in [0, 0.1) is 0 Å². The van der Waals surface area contributed by atoms with Gasteiger partial charge in [-0.25, -0.2) is 15.0 Å². The maximum Gasteiger partial charge on any atom is 0.231 e. The molecule has 30 heavy (non-hydrogen) atoms. The van der Waals surface area contributed by atoms with Crippen molar-refractivity contribution in [3.63, 3.8) is 0 Å². The molecule has 0 fully saturated rings. The van der Waals surface area contributed by atoms with Gasteiger partial charge in [0.2, 0.25) is 6.79 Å². The smallest absolute Gasteiger partial charge is 0.231 e. The first kappa shape index (κ1) is 17.2.